The summed E-state index contributed by atoms with van der Waals surface area (Å²) in [6, 6.07) is 18.9. The lowest BCUT2D eigenvalue weighted by atomic mass is 9.96. The van der Waals surface area contributed by atoms with Crippen molar-refractivity contribution in [2.75, 3.05) is 4.90 Å². The van der Waals surface area contributed by atoms with Gasteiger partial charge in [-0.05, 0) is 30.2 Å². The van der Waals surface area contributed by atoms with Crippen LogP contribution < -0.4 is 4.90 Å². The molecule has 5 nitrogen and oxygen atoms in total. The van der Waals surface area contributed by atoms with Crippen LogP contribution in [0.25, 0.3) is 5.76 Å². The molecule has 28 heavy (non-hydrogen) atoms. The van der Waals surface area contributed by atoms with E-state index in [0.717, 1.165) is 5.56 Å². The molecule has 0 saturated carbocycles. The number of rotatable bonds is 3. The van der Waals surface area contributed by atoms with E-state index in [0.29, 0.717) is 16.8 Å². The molecular weight excluding hydrogens is 352 g/mol. The summed E-state index contributed by atoms with van der Waals surface area (Å²) < 4.78 is 0. The van der Waals surface area contributed by atoms with E-state index in [4.69, 9.17) is 0 Å². The van der Waals surface area contributed by atoms with E-state index in [2.05, 4.69) is 4.98 Å². The SMILES string of the molecule is Cc1ccccc1N1C(=O)C(=O)/C(=C(/O)c2ccccc2)C1c1cccnc1. The second-order valence-corrected chi connectivity index (χ2v) is 6.61. The quantitative estimate of drug-likeness (QED) is 0.429. The van der Waals surface area contributed by atoms with Crippen molar-refractivity contribution >= 4 is 23.1 Å². The summed E-state index contributed by atoms with van der Waals surface area (Å²) >= 11 is 0. The maximum atomic E-state index is 13.0. The van der Waals surface area contributed by atoms with E-state index in [1.54, 1.807) is 54.9 Å². The zero-order valence-electron chi connectivity index (χ0n) is 15.2. The minimum Gasteiger partial charge on any atom is -0.507 e. The number of ketones is 1. The monoisotopic (exact) mass is 370 g/mol. The summed E-state index contributed by atoms with van der Waals surface area (Å²) in [4.78, 5) is 31.6. The van der Waals surface area contributed by atoms with Gasteiger partial charge in [-0.15, -0.1) is 0 Å². The molecule has 2 heterocycles. The Hall–Kier alpha value is -3.73. The van der Waals surface area contributed by atoms with Gasteiger partial charge in [0.25, 0.3) is 11.7 Å². The highest BCUT2D eigenvalue weighted by atomic mass is 16.3. The minimum absolute atomic E-state index is 0.0625. The van der Waals surface area contributed by atoms with E-state index >= 15 is 0 Å². The zero-order valence-corrected chi connectivity index (χ0v) is 15.2. The van der Waals surface area contributed by atoms with Gasteiger partial charge >= 0.3 is 0 Å². The molecule has 1 aromatic heterocycles. The molecule has 5 heteroatoms. The first-order valence-electron chi connectivity index (χ1n) is 8.91. The van der Waals surface area contributed by atoms with Crippen molar-refractivity contribution in [2.45, 2.75) is 13.0 Å². The number of carbonyl (C=O) groups is 2. The third-order valence-corrected chi connectivity index (χ3v) is 4.87. The molecule has 4 rings (SSSR count). The second-order valence-electron chi connectivity index (χ2n) is 6.61. The topological polar surface area (TPSA) is 70.5 Å². The van der Waals surface area contributed by atoms with Crippen molar-refractivity contribution in [1.82, 2.24) is 4.98 Å². The second kappa shape index (κ2) is 7.12. The van der Waals surface area contributed by atoms with Gasteiger partial charge in [0.1, 0.15) is 5.76 Å². The molecule has 1 saturated heterocycles. The number of aliphatic hydroxyl groups excluding tert-OH is 1. The predicted octanol–water partition coefficient (Wildman–Crippen LogP) is 4.02. The van der Waals surface area contributed by atoms with Crippen molar-refractivity contribution in [3.63, 3.8) is 0 Å². The Kier molecular flexibility index (Phi) is 4.49. The summed E-state index contributed by atoms with van der Waals surface area (Å²) in [5.74, 6) is -1.57. The van der Waals surface area contributed by atoms with Gasteiger partial charge in [0.2, 0.25) is 0 Å². The molecule has 3 aromatic rings. The van der Waals surface area contributed by atoms with Crippen LogP contribution >= 0.6 is 0 Å². The van der Waals surface area contributed by atoms with E-state index in [1.165, 1.54) is 4.90 Å². The summed E-state index contributed by atoms with van der Waals surface area (Å²) in [6.45, 7) is 1.88. The van der Waals surface area contributed by atoms with Crippen LogP contribution in [0.1, 0.15) is 22.7 Å². The summed E-state index contributed by atoms with van der Waals surface area (Å²) in [6.07, 6.45) is 3.24. The fraction of sp³-hybridized carbons (Fsp3) is 0.0870. The lowest BCUT2D eigenvalue weighted by Crippen LogP contribution is -2.30. The van der Waals surface area contributed by atoms with E-state index in [1.807, 2.05) is 31.2 Å². The molecule has 1 aliphatic rings. The molecule has 1 fully saturated rings. The van der Waals surface area contributed by atoms with Crippen LogP contribution in [0.2, 0.25) is 0 Å². The maximum Gasteiger partial charge on any atom is 0.300 e. The highest BCUT2D eigenvalue weighted by molar-refractivity contribution is 6.51. The Morgan fingerprint density at radius 1 is 0.964 bits per heavy atom. The van der Waals surface area contributed by atoms with Gasteiger partial charge < -0.3 is 5.11 Å². The molecule has 1 N–H and O–H groups in total. The number of Topliss-reactive ketones (excluding diaryl/α,β-unsaturated/α-hetero) is 1. The van der Waals surface area contributed by atoms with Crippen molar-refractivity contribution < 1.29 is 14.7 Å². The molecule has 0 radical (unpaired) electrons. The fourth-order valence-electron chi connectivity index (χ4n) is 3.52. The van der Waals surface area contributed by atoms with Gasteiger partial charge in [-0.1, -0.05) is 54.6 Å². The highest BCUT2D eigenvalue weighted by Gasteiger charge is 2.47. The molecule has 0 bridgehead atoms. The summed E-state index contributed by atoms with van der Waals surface area (Å²) in [5.41, 5.74) is 2.69. The standard InChI is InChI=1S/C23H18N2O3/c1-15-8-5-6-12-18(15)25-20(17-11-7-13-24-14-17)19(22(27)23(25)28)21(26)16-9-3-2-4-10-16/h2-14,20,26H,1H3/b21-19+. The summed E-state index contributed by atoms with van der Waals surface area (Å²) in [7, 11) is 0. The molecular formula is C23H18N2O3. The van der Waals surface area contributed by atoms with Crippen LogP contribution in [0, 0.1) is 6.92 Å². The molecule has 0 aliphatic carbocycles. The number of para-hydroxylation sites is 1. The molecule has 1 atom stereocenters. The van der Waals surface area contributed by atoms with Gasteiger partial charge in [0, 0.05) is 23.6 Å². The van der Waals surface area contributed by atoms with Crippen LogP contribution in [0.5, 0.6) is 0 Å². The number of aryl methyl sites for hydroxylation is 1. The first-order valence-corrected chi connectivity index (χ1v) is 8.91. The van der Waals surface area contributed by atoms with Crippen LogP contribution in [-0.4, -0.2) is 21.8 Å². The third-order valence-electron chi connectivity index (χ3n) is 4.87. The maximum absolute atomic E-state index is 13.0. The average molecular weight is 370 g/mol. The minimum atomic E-state index is -0.755. The lowest BCUT2D eigenvalue weighted by molar-refractivity contribution is -0.132. The number of pyridine rings is 1. The number of aliphatic hydroxyl groups is 1. The molecule has 1 amide bonds. The Morgan fingerprint density at radius 2 is 1.68 bits per heavy atom. The normalized spacial score (nSPS) is 18.5. The van der Waals surface area contributed by atoms with Crippen LogP contribution in [-0.2, 0) is 9.59 Å². The van der Waals surface area contributed by atoms with Gasteiger partial charge in [0.15, 0.2) is 0 Å². The average Bonchev–Trinajstić information content (AvgIpc) is 3.00. The van der Waals surface area contributed by atoms with Gasteiger partial charge in [0.05, 0.1) is 11.6 Å². The Labute approximate surface area is 162 Å². The Bertz CT molecular complexity index is 1080. The number of hydrogen-bond acceptors (Lipinski definition) is 4. The molecule has 0 spiro atoms. The first kappa shape index (κ1) is 17.7. The lowest BCUT2D eigenvalue weighted by Gasteiger charge is -2.26. The van der Waals surface area contributed by atoms with Crippen LogP contribution in [0.4, 0.5) is 5.69 Å². The number of hydrogen-bond donors (Lipinski definition) is 1. The van der Waals surface area contributed by atoms with Gasteiger partial charge in [-0.3, -0.25) is 19.5 Å². The number of carbonyl (C=O) groups excluding carboxylic acids is 2. The van der Waals surface area contributed by atoms with E-state index in [9.17, 15) is 14.7 Å². The number of amides is 1. The van der Waals surface area contributed by atoms with Gasteiger partial charge in [-0.25, -0.2) is 0 Å². The zero-order chi connectivity index (χ0) is 19.7. The summed E-state index contributed by atoms with van der Waals surface area (Å²) in [5, 5.41) is 10.9. The fourth-order valence-corrected chi connectivity index (χ4v) is 3.52. The Balaban J connectivity index is 1.97. The van der Waals surface area contributed by atoms with Crippen LogP contribution in [0.3, 0.4) is 0 Å². The Morgan fingerprint density at radius 3 is 2.36 bits per heavy atom. The van der Waals surface area contributed by atoms with Crippen molar-refractivity contribution in [1.29, 1.82) is 0 Å². The molecule has 1 aliphatic heterocycles. The molecule has 138 valence electrons. The largest absolute Gasteiger partial charge is 0.507 e. The van der Waals surface area contributed by atoms with Crippen LogP contribution in [0.15, 0.2) is 84.7 Å². The van der Waals surface area contributed by atoms with Gasteiger partial charge in [-0.2, -0.15) is 0 Å². The number of anilines is 1. The number of benzene rings is 2. The van der Waals surface area contributed by atoms with Crippen molar-refractivity contribution in [3.05, 3.63) is 101 Å². The predicted molar refractivity (Wildman–Crippen MR) is 107 cm³/mol. The first-order chi connectivity index (χ1) is 13.6. The van der Waals surface area contributed by atoms with E-state index < -0.39 is 17.7 Å². The van der Waals surface area contributed by atoms with Crippen molar-refractivity contribution in [3.8, 4) is 0 Å². The van der Waals surface area contributed by atoms with Crippen molar-refractivity contribution in [2.24, 2.45) is 0 Å². The van der Waals surface area contributed by atoms with E-state index in [-0.39, 0.29) is 11.3 Å². The number of aromatic nitrogens is 1. The number of nitrogens with zero attached hydrogens (tertiary/aromatic N) is 2. The smallest absolute Gasteiger partial charge is 0.300 e. The molecule has 1 unspecified atom stereocenters. The molecule has 2 aromatic carbocycles. The highest BCUT2D eigenvalue weighted by Crippen LogP contribution is 2.42. The third kappa shape index (κ3) is 2.87.